The normalized spacial score (nSPS) is 23.5. The second kappa shape index (κ2) is 5.90. The highest BCUT2D eigenvalue weighted by molar-refractivity contribution is 6.35. The Bertz CT molecular complexity index is 794. The molecule has 0 radical (unpaired) electrons. The molecule has 6 heteroatoms. The maximum atomic E-state index is 11.5. The average Bonchev–Trinajstić information content (AvgIpc) is 2.87. The quantitative estimate of drug-likeness (QED) is 0.745. The van der Waals surface area contributed by atoms with E-state index in [0.717, 1.165) is 34.4 Å². The van der Waals surface area contributed by atoms with E-state index in [-0.39, 0.29) is 24.4 Å². The number of hydrogen-bond acceptors (Lipinski definition) is 3. The summed E-state index contributed by atoms with van der Waals surface area (Å²) in [6, 6.07) is 9.15. The highest BCUT2D eigenvalue weighted by Gasteiger charge is 2.46. The van der Waals surface area contributed by atoms with Gasteiger partial charge < -0.3 is 14.8 Å². The van der Waals surface area contributed by atoms with E-state index in [1.165, 1.54) is 0 Å². The summed E-state index contributed by atoms with van der Waals surface area (Å²) in [5.74, 6) is 0.788. The Kier molecular flexibility index (Phi) is 4.21. The minimum absolute atomic E-state index is 0. The zero-order valence-electron chi connectivity index (χ0n) is 12.2. The summed E-state index contributed by atoms with van der Waals surface area (Å²) in [7, 11) is 0. The first-order valence-corrected chi connectivity index (χ1v) is 7.82. The fourth-order valence-electron chi connectivity index (χ4n) is 3.46. The Morgan fingerprint density at radius 3 is 2.78 bits per heavy atom. The number of aryl methyl sites for hydroxylation is 1. The van der Waals surface area contributed by atoms with Crippen LogP contribution < -0.4 is 10.1 Å². The molecule has 3 unspecified atom stereocenters. The first-order chi connectivity index (χ1) is 10.6. The van der Waals surface area contributed by atoms with Crippen molar-refractivity contribution in [3.05, 3.63) is 57.1 Å². The number of nitrogens with one attached hydrogen (secondary N) is 1. The van der Waals surface area contributed by atoms with E-state index in [4.69, 9.17) is 27.9 Å². The van der Waals surface area contributed by atoms with Gasteiger partial charge in [-0.3, -0.25) is 0 Å². The van der Waals surface area contributed by atoms with Crippen LogP contribution in [0.1, 0.15) is 22.6 Å². The number of aldehydes is 1. The highest BCUT2D eigenvalue weighted by Crippen LogP contribution is 2.51. The summed E-state index contributed by atoms with van der Waals surface area (Å²) in [5.41, 5.74) is 3.87. The summed E-state index contributed by atoms with van der Waals surface area (Å²) in [6.45, 7) is 2.00. The summed E-state index contributed by atoms with van der Waals surface area (Å²) < 4.78 is 6.10. The first kappa shape index (κ1) is 16.4. The minimum Gasteiger partial charge on any atom is -0.486 e. The molecule has 0 saturated carbocycles. The molecule has 2 aromatic carbocycles. The number of carbonyl (C=O) groups is 1. The molecular weight excluding hydrogens is 357 g/mol. The van der Waals surface area contributed by atoms with Crippen molar-refractivity contribution in [3.63, 3.8) is 0 Å². The molecule has 0 bridgehead atoms. The number of benzene rings is 2. The molecule has 0 aliphatic carbocycles. The average molecular weight is 371 g/mol. The zero-order chi connectivity index (χ0) is 15.4. The molecule has 0 aromatic heterocycles. The lowest BCUT2D eigenvalue weighted by Crippen LogP contribution is -2.44. The van der Waals surface area contributed by atoms with Crippen LogP contribution in [0.5, 0.6) is 5.75 Å². The topological polar surface area (TPSA) is 38.3 Å². The number of ether oxygens (including phenoxy) is 1. The van der Waals surface area contributed by atoms with Crippen LogP contribution in [0.2, 0.25) is 10.0 Å². The second-order valence-electron chi connectivity index (χ2n) is 5.71. The largest absolute Gasteiger partial charge is 0.486 e. The van der Waals surface area contributed by atoms with Gasteiger partial charge >= 0.3 is 0 Å². The summed E-state index contributed by atoms with van der Waals surface area (Å²) in [6.07, 6.45) is 0.594. The van der Waals surface area contributed by atoms with Crippen molar-refractivity contribution in [3.8, 4) is 5.75 Å². The van der Waals surface area contributed by atoms with Crippen molar-refractivity contribution in [2.45, 2.75) is 25.0 Å². The Morgan fingerprint density at radius 2 is 2.04 bits per heavy atom. The molecule has 0 fully saturated rings. The van der Waals surface area contributed by atoms with E-state index in [1.54, 1.807) is 6.07 Å². The standard InChI is InChI=1S/C17H13Cl2NO2.ClH/c1-8-3-2-4-10-14-15-11(19)5-9(18)6-12(15)20-13(7-21)17(14)22-16(8)10;/h2-7,13-14,17,20H,1H3;1H. The maximum absolute atomic E-state index is 11.5. The number of para-hydroxylation sites is 1. The van der Waals surface area contributed by atoms with Gasteiger partial charge in [0, 0.05) is 26.9 Å². The van der Waals surface area contributed by atoms with Gasteiger partial charge in [-0.15, -0.1) is 12.4 Å². The highest BCUT2D eigenvalue weighted by atomic mass is 35.5. The van der Waals surface area contributed by atoms with E-state index >= 15 is 0 Å². The number of carbonyl (C=O) groups excluding carboxylic acids is 1. The van der Waals surface area contributed by atoms with Gasteiger partial charge in [0.15, 0.2) is 0 Å². The Labute approximate surface area is 150 Å². The molecule has 3 nitrogen and oxygen atoms in total. The summed E-state index contributed by atoms with van der Waals surface area (Å²) >= 11 is 12.5. The fraction of sp³-hybridized carbons (Fsp3) is 0.235. The molecule has 4 rings (SSSR count). The van der Waals surface area contributed by atoms with Gasteiger partial charge in [0.2, 0.25) is 0 Å². The predicted octanol–water partition coefficient (Wildman–Crippen LogP) is 4.61. The Morgan fingerprint density at radius 1 is 1.26 bits per heavy atom. The van der Waals surface area contributed by atoms with Crippen LogP contribution >= 0.6 is 35.6 Å². The van der Waals surface area contributed by atoms with Crippen molar-refractivity contribution >= 4 is 47.6 Å². The third-order valence-corrected chi connectivity index (χ3v) is 4.92. The van der Waals surface area contributed by atoms with Crippen molar-refractivity contribution < 1.29 is 9.53 Å². The molecule has 2 aliphatic heterocycles. The lowest BCUT2D eigenvalue weighted by Gasteiger charge is -2.34. The molecule has 2 aromatic rings. The maximum Gasteiger partial charge on any atom is 0.146 e. The number of hydrogen-bond donors (Lipinski definition) is 1. The van der Waals surface area contributed by atoms with E-state index < -0.39 is 6.04 Å². The molecule has 2 aliphatic rings. The molecule has 1 N–H and O–H groups in total. The molecule has 120 valence electrons. The molecule has 3 atom stereocenters. The van der Waals surface area contributed by atoms with Crippen LogP contribution in [-0.2, 0) is 4.79 Å². The van der Waals surface area contributed by atoms with Gasteiger partial charge in [-0.2, -0.15) is 0 Å². The number of fused-ring (bicyclic) bond motifs is 5. The van der Waals surface area contributed by atoms with Crippen LogP contribution in [-0.4, -0.2) is 18.4 Å². The monoisotopic (exact) mass is 369 g/mol. The third kappa shape index (κ3) is 2.38. The van der Waals surface area contributed by atoms with E-state index in [0.29, 0.717) is 10.0 Å². The van der Waals surface area contributed by atoms with Crippen LogP contribution in [0, 0.1) is 6.92 Å². The van der Waals surface area contributed by atoms with Gasteiger partial charge in [0.05, 0.1) is 5.92 Å². The van der Waals surface area contributed by atoms with Crippen LogP contribution in [0.3, 0.4) is 0 Å². The van der Waals surface area contributed by atoms with E-state index in [2.05, 4.69) is 5.32 Å². The lowest BCUT2D eigenvalue weighted by molar-refractivity contribution is -0.110. The number of halogens is 3. The van der Waals surface area contributed by atoms with Gasteiger partial charge in [-0.1, -0.05) is 41.4 Å². The molecule has 0 amide bonds. The summed E-state index contributed by atoms with van der Waals surface area (Å²) in [4.78, 5) is 11.5. The number of rotatable bonds is 1. The smallest absolute Gasteiger partial charge is 0.146 e. The molecular formula is C17H14Cl3NO2. The van der Waals surface area contributed by atoms with Gasteiger partial charge in [-0.05, 0) is 24.6 Å². The van der Waals surface area contributed by atoms with Gasteiger partial charge in [0.25, 0.3) is 0 Å². The van der Waals surface area contributed by atoms with Crippen molar-refractivity contribution in [1.82, 2.24) is 0 Å². The molecule has 0 spiro atoms. The summed E-state index contributed by atoms with van der Waals surface area (Å²) in [5, 5.41) is 4.33. The third-order valence-electron chi connectivity index (χ3n) is 4.39. The van der Waals surface area contributed by atoms with Gasteiger partial charge in [-0.25, -0.2) is 0 Å². The minimum atomic E-state index is -0.432. The molecule has 0 saturated heterocycles. The zero-order valence-corrected chi connectivity index (χ0v) is 14.5. The molecule has 23 heavy (non-hydrogen) atoms. The second-order valence-corrected chi connectivity index (χ2v) is 6.55. The van der Waals surface area contributed by atoms with Crippen molar-refractivity contribution in [2.75, 3.05) is 5.32 Å². The fourth-order valence-corrected chi connectivity index (χ4v) is 4.07. The van der Waals surface area contributed by atoms with Crippen LogP contribution in [0.4, 0.5) is 5.69 Å². The van der Waals surface area contributed by atoms with E-state index in [9.17, 15) is 4.79 Å². The molecule has 2 heterocycles. The Balaban J connectivity index is 0.00000156. The predicted molar refractivity (Wildman–Crippen MR) is 94.6 cm³/mol. The first-order valence-electron chi connectivity index (χ1n) is 7.07. The van der Waals surface area contributed by atoms with E-state index in [1.807, 2.05) is 31.2 Å². The Hall–Kier alpha value is -1.42. The van der Waals surface area contributed by atoms with Gasteiger partial charge in [0.1, 0.15) is 24.2 Å². The van der Waals surface area contributed by atoms with Crippen molar-refractivity contribution in [2.24, 2.45) is 0 Å². The lowest BCUT2D eigenvalue weighted by atomic mass is 9.81. The SMILES string of the molecule is Cc1cccc2c1OC1C(C=O)Nc3cc(Cl)cc(Cl)c3C21.Cl. The van der Waals surface area contributed by atoms with Crippen LogP contribution in [0.25, 0.3) is 0 Å². The number of anilines is 1. The van der Waals surface area contributed by atoms with Crippen molar-refractivity contribution in [1.29, 1.82) is 0 Å². The van der Waals surface area contributed by atoms with Crippen LogP contribution in [0.15, 0.2) is 30.3 Å².